The number of nitrogens with zero attached hydrogens (tertiary/aromatic N) is 3. The summed E-state index contributed by atoms with van der Waals surface area (Å²) in [4.78, 5) is 0.973. The zero-order valence-electron chi connectivity index (χ0n) is 7.77. The summed E-state index contributed by atoms with van der Waals surface area (Å²) < 4.78 is 3.35. The van der Waals surface area contributed by atoms with Crippen LogP contribution >= 0.6 is 11.3 Å². The van der Waals surface area contributed by atoms with E-state index in [4.69, 9.17) is 0 Å². The average Bonchev–Trinajstić information content (AvgIpc) is 2.75. The maximum absolute atomic E-state index is 4.06. The molecule has 0 amide bonds. The topological polar surface area (TPSA) is 30.2 Å². The van der Waals surface area contributed by atoms with E-state index in [1.165, 1.54) is 15.8 Å². The third-order valence-electron chi connectivity index (χ3n) is 2.42. The lowest BCUT2D eigenvalue weighted by molar-refractivity contribution is 1.10. The minimum absolute atomic E-state index is 0.973. The molecule has 3 nitrogen and oxygen atoms in total. The summed E-state index contributed by atoms with van der Waals surface area (Å²) in [7, 11) is 0. The van der Waals surface area contributed by atoms with E-state index in [1.54, 1.807) is 17.7 Å². The molecule has 3 aromatic rings. The van der Waals surface area contributed by atoms with Gasteiger partial charge in [0.2, 0.25) is 4.96 Å². The van der Waals surface area contributed by atoms with Crippen molar-refractivity contribution in [1.82, 2.24) is 14.6 Å². The fourth-order valence-electron chi connectivity index (χ4n) is 1.75. The predicted molar refractivity (Wildman–Crippen MR) is 57.7 cm³/mol. The van der Waals surface area contributed by atoms with Crippen LogP contribution in [0.15, 0.2) is 24.5 Å². The first kappa shape index (κ1) is 7.94. The second kappa shape index (κ2) is 2.78. The van der Waals surface area contributed by atoms with Gasteiger partial charge in [0.15, 0.2) is 0 Å². The van der Waals surface area contributed by atoms with Gasteiger partial charge in [0, 0.05) is 0 Å². The van der Waals surface area contributed by atoms with Crippen molar-refractivity contribution in [2.75, 3.05) is 0 Å². The molecule has 0 atom stereocenters. The Bertz CT molecular complexity index is 593. The summed E-state index contributed by atoms with van der Waals surface area (Å²) in [6.45, 7) is 2.17. The molecule has 0 bridgehead atoms. The number of fused-ring (bicyclic) bond motifs is 3. The van der Waals surface area contributed by atoms with Crippen molar-refractivity contribution < 1.29 is 0 Å². The summed E-state index contributed by atoms with van der Waals surface area (Å²) in [6, 6.07) is 6.40. The molecule has 2 aromatic heterocycles. The largest absolute Gasteiger partial charge is 0.272 e. The predicted octanol–water partition coefficient (Wildman–Crippen LogP) is 2.51. The molecular weight excluding hydrogens is 194 g/mol. The lowest BCUT2D eigenvalue weighted by Crippen LogP contribution is -1.85. The van der Waals surface area contributed by atoms with Gasteiger partial charge in [0.05, 0.1) is 10.2 Å². The van der Waals surface area contributed by atoms with E-state index in [1.807, 2.05) is 0 Å². The molecule has 0 N–H and O–H groups in total. The van der Waals surface area contributed by atoms with Crippen LogP contribution in [0.25, 0.3) is 15.2 Å². The zero-order valence-corrected chi connectivity index (χ0v) is 8.58. The number of aromatic nitrogens is 3. The lowest BCUT2D eigenvalue weighted by Gasteiger charge is -1.98. The average molecular weight is 203 g/mol. The Kier molecular flexibility index (Phi) is 1.58. The minimum Gasteiger partial charge on any atom is -0.272 e. The summed E-state index contributed by atoms with van der Waals surface area (Å²) in [6.07, 6.45) is 2.83. The third-order valence-corrected chi connectivity index (χ3v) is 3.43. The van der Waals surface area contributed by atoms with Gasteiger partial charge < -0.3 is 0 Å². The number of thiazole rings is 1. The van der Waals surface area contributed by atoms with Gasteiger partial charge >= 0.3 is 0 Å². The number of hydrogen-bond donors (Lipinski definition) is 0. The summed E-state index contributed by atoms with van der Waals surface area (Å²) >= 11 is 1.69. The second-order valence-electron chi connectivity index (χ2n) is 3.20. The van der Waals surface area contributed by atoms with Gasteiger partial charge in [-0.05, 0) is 18.1 Å². The molecule has 14 heavy (non-hydrogen) atoms. The molecule has 70 valence electrons. The maximum atomic E-state index is 4.06. The number of para-hydroxylation sites is 1. The number of rotatable bonds is 1. The Morgan fingerprint density at radius 2 is 2.36 bits per heavy atom. The van der Waals surface area contributed by atoms with Crippen LogP contribution in [0.1, 0.15) is 12.5 Å². The number of benzene rings is 1. The van der Waals surface area contributed by atoms with E-state index in [0.29, 0.717) is 0 Å². The van der Waals surface area contributed by atoms with Gasteiger partial charge in [0.25, 0.3) is 0 Å². The highest BCUT2D eigenvalue weighted by Gasteiger charge is 2.08. The highest BCUT2D eigenvalue weighted by atomic mass is 32.1. The Morgan fingerprint density at radius 3 is 3.21 bits per heavy atom. The molecule has 0 aliphatic rings. The normalized spacial score (nSPS) is 11.5. The van der Waals surface area contributed by atoms with Crippen LogP contribution in [0.4, 0.5) is 0 Å². The quantitative estimate of drug-likeness (QED) is 0.608. The molecule has 3 rings (SSSR count). The first-order valence-electron chi connectivity index (χ1n) is 4.60. The van der Waals surface area contributed by atoms with E-state index in [2.05, 4.69) is 39.7 Å². The first-order valence-corrected chi connectivity index (χ1v) is 5.42. The molecule has 0 aliphatic heterocycles. The smallest absolute Gasteiger partial charge is 0.217 e. The van der Waals surface area contributed by atoms with Crippen LogP contribution in [-0.4, -0.2) is 14.6 Å². The molecule has 0 radical (unpaired) electrons. The van der Waals surface area contributed by atoms with E-state index >= 15 is 0 Å². The van der Waals surface area contributed by atoms with Crippen molar-refractivity contribution in [3.8, 4) is 0 Å². The van der Waals surface area contributed by atoms with Gasteiger partial charge in [-0.15, -0.1) is 10.2 Å². The van der Waals surface area contributed by atoms with Gasteiger partial charge in [-0.3, -0.25) is 4.40 Å². The fourth-order valence-corrected chi connectivity index (χ4v) is 2.75. The van der Waals surface area contributed by atoms with Gasteiger partial charge in [-0.25, -0.2) is 0 Å². The summed E-state index contributed by atoms with van der Waals surface area (Å²) in [5.41, 5.74) is 2.62. The van der Waals surface area contributed by atoms with Crippen molar-refractivity contribution in [3.63, 3.8) is 0 Å². The van der Waals surface area contributed by atoms with Crippen LogP contribution in [-0.2, 0) is 6.42 Å². The Balaban J connectivity index is 2.57. The molecule has 0 fully saturated rings. The van der Waals surface area contributed by atoms with Crippen molar-refractivity contribution in [2.45, 2.75) is 13.3 Å². The van der Waals surface area contributed by atoms with Crippen LogP contribution in [0.3, 0.4) is 0 Å². The molecule has 0 saturated heterocycles. The van der Waals surface area contributed by atoms with Crippen LogP contribution in [0.2, 0.25) is 0 Å². The van der Waals surface area contributed by atoms with Crippen LogP contribution < -0.4 is 0 Å². The maximum Gasteiger partial charge on any atom is 0.217 e. The molecule has 4 heteroatoms. The number of hydrogen-bond acceptors (Lipinski definition) is 3. The lowest BCUT2D eigenvalue weighted by atomic mass is 10.1. The van der Waals surface area contributed by atoms with Crippen LogP contribution in [0, 0.1) is 0 Å². The van der Waals surface area contributed by atoms with E-state index in [9.17, 15) is 0 Å². The van der Waals surface area contributed by atoms with Gasteiger partial charge in [-0.2, -0.15) is 0 Å². The van der Waals surface area contributed by atoms with E-state index in [0.717, 1.165) is 11.4 Å². The van der Waals surface area contributed by atoms with Gasteiger partial charge in [-0.1, -0.05) is 30.4 Å². The Morgan fingerprint density at radius 1 is 1.43 bits per heavy atom. The monoisotopic (exact) mass is 203 g/mol. The first-order chi connectivity index (χ1) is 6.90. The molecule has 0 aliphatic carbocycles. The Hall–Kier alpha value is -1.42. The van der Waals surface area contributed by atoms with Crippen molar-refractivity contribution >= 4 is 26.5 Å². The molecule has 0 spiro atoms. The Labute approximate surface area is 85.0 Å². The number of aryl methyl sites for hydroxylation is 1. The third kappa shape index (κ3) is 0.915. The molecule has 1 aromatic carbocycles. The second-order valence-corrected chi connectivity index (χ2v) is 4.21. The standard InChI is InChI=1S/C10H9N3S/c1-2-7-4-3-5-8-9(7)13-6-11-12-10(13)14-8/h3-6H,2H2,1H3. The fraction of sp³-hybridized carbons (Fsp3) is 0.200. The molecular formula is C10H9N3S. The van der Waals surface area contributed by atoms with Crippen molar-refractivity contribution in [1.29, 1.82) is 0 Å². The van der Waals surface area contributed by atoms with Gasteiger partial charge in [0.1, 0.15) is 6.33 Å². The highest BCUT2D eigenvalue weighted by molar-refractivity contribution is 7.23. The zero-order chi connectivity index (χ0) is 9.54. The highest BCUT2D eigenvalue weighted by Crippen LogP contribution is 2.27. The SMILES string of the molecule is CCc1cccc2sc3nncn3c12. The molecule has 0 unspecified atom stereocenters. The van der Waals surface area contributed by atoms with Crippen LogP contribution in [0.5, 0.6) is 0 Å². The van der Waals surface area contributed by atoms with E-state index < -0.39 is 0 Å². The van der Waals surface area contributed by atoms with Crippen molar-refractivity contribution in [2.24, 2.45) is 0 Å². The summed E-state index contributed by atoms with van der Waals surface area (Å²) in [5, 5.41) is 7.97. The van der Waals surface area contributed by atoms with Crippen molar-refractivity contribution in [3.05, 3.63) is 30.1 Å². The molecule has 2 heterocycles. The van der Waals surface area contributed by atoms with E-state index in [-0.39, 0.29) is 0 Å². The summed E-state index contributed by atoms with van der Waals surface area (Å²) in [5.74, 6) is 0. The molecule has 0 saturated carbocycles. The minimum atomic E-state index is 0.973.